The van der Waals surface area contributed by atoms with Crippen molar-refractivity contribution in [1.29, 1.82) is 0 Å². The molecule has 0 saturated heterocycles. The molecule has 0 radical (unpaired) electrons. The van der Waals surface area contributed by atoms with Gasteiger partial charge in [-0.15, -0.1) is 0 Å². The third kappa shape index (κ3) is 4.46. The number of pyridine rings is 1. The Bertz CT molecular complexity index is 602. The van der Waals surface area contributed by atoms with E-state index in [0.717, 1.165) is 11.6 Å². The quantitative estimate of drug-likeness (QED) is 0.888. The van der Waals surface area contributed by atoms with Crippen LogP contribution in [-0.2, 0) is 12.6 Å². The summed E-state index contributed by atoms with van der Waals surface area (Å²) >= 11 is 0. The Balaban J connectivity index is 2.01. The lowest BCUT2D eigenvalue weighted by Gasteiger charge is -2.21. The van der Waals surface area contributed by atoms with E-state index in [-0.39, 0.29) is 5.82 Å². The molecule has 0 spiro atoms. The molecule has 0 saturated carbocycles. The minimum atomic E-state index is -4.48. The highest BCUT2D eigenvalue weighted by Crippen LogP contribution is 2.28. The molecule has 1 aromatic carbocycles. The summed E-state index contributed by atoms with van der Waals surface area (Å²) < 4.78 is 37.8. The summed E-state index contributed by atoms with van der Waals surface area (Å²) in [4.78, 5) is 3.53. The first-order chi connectivity index (χ1) is 10.4. The molecule has 6 heteroatoms. The summed E-state index contributed by atoms with van der Waals surface area (Å²) in [6, 6.07) is 12.6. The lowest BCUT2D eigenvalue weighted by Crippen LogP contribution is -2.32. The van der Waals surface area contributed by atoms with Gasteiger partial charge in [0.05, 0.1) is 12.1 Å². The molecule has 1 heterocycles. The number of benzene rings is 1. The maximum Gasteiger partial charge on any atom is 0.433 e. The highest BCUT2D eigenvalue weighted by Gasteiger charge is 2.32. The van der Waals surface area contributed by atoms with Gasteiger partial charge in [-0.05, 0) is 24.6 Å². The highest BCUT2D eigenvalue weighted by molar-refractivity contribution is 5.37. The van der Waals surface area contributed by atoms with Crippen LogP contribution in [0.4, 0.5) is 19.0 Å². The number of hydrogen-bond donors (Lipinski definition) is 2. The number of hydrogen-bond acceptors (Lipinski definition) is 3. The molecule has 0 aliphatic rings. The van der Waals surface area contributed by atoms with Crippen LogP contribution in [0.2, 0.25) is 0 Å². The second-order valence-electron chi connectivity index (χ2n) is 5.10. The SMILES string of the molecule is CC(Nc1cccc(C(F)(F)F)n1)C(O)Cc1ccccc1. The Kier molecular flexibility index (Phi) is 5.03. The van der Waals surface area contributed by atoms with Crippen LogP contribution < -0.4 is 5.32 Å². The number of aliphatic hydroxyl groups is 1. The van der Waals surface area contributed by atoms with E-state index in [0.29, 0.717) is 6.42 Å². The van der Waals surface area contributed by atoms with Crippen molar-refractivity contribution in [3.63, 3.8) is 0 Å². The lowest BCUT2D eigenvalue weighted by molar-refractivity contribution is -0.141. The van der Waals surface area contributed by atoms with E-state index < -0.39 is 24.0 Å². The third-order valence-electron chi connectivity index (χ3n) is 3.28. The molecule has 2 unspecified atom stereocenters. The van der Waals surface area contributed by atoms with Crippen molar-refractivity contribution in [2.24, 2.45) is 0 Å². The molecule has 0 bridgehead atoms. The normalized spacial score (nSPS) is 14.4. The zero-order chi connectivity index (χ0) is 16.2. The van der Waals surface area contributed by atoms with Crippen molar-refractivity contribution in [2.75, 3.05) is 5.32 Å². The number of anilines is 1. The third-order valence-corrected chi connectivity index (χ3v) is 3.28. The smallest absolute Gasteiger partial charge is 0.391 e. The maximum atomic E-state index is 12.6. The summed E-state index contributed by atoms with van der Waals surface area (Å²) in [7, 11) is 0. The number of aromatic nitrogens is 1. The monoisotopic (exact) mass is 310 g/mol. The van der Waals surface area contributed by atoms with E-state index in [1.807, 2.05) is 30.3 Å². The average Bonchev–Trinajstić information content (AvgIpc) is 2.47. The molecular weight excluding hydrogens is 293 g/mol. The van der Waals surface area contributed by atoms with Gasteiger partial charge < -0.3 is 10.4 Å². The molecule has 22 heavy (non-hydrogen) atoms. The van der Waals surface area contributed by atoms with Crippen LogP contribution in [0, 0.1) is 0 Å². The van der Waals surface area contributed by atoms with E-state index in [2.05, 4.69) is 10.3 Å². The predicted octanol–water partition coefficient (Wildman–Crippen LogP) is 3.50. The van der Waals surface area contributed by atoms with E-state index in [4.69, 9.17) is 0 Å². The van der Waals surface area contributed by atoms with Gasteiger partial charge in [0.1, 0.15) is 11.5 Å². The molecule has 2 N–H and O–H groups in total. The molecule has 3 nitrogen and oxygen atoms in total. The van der Waals surface area contributed by atoms with Gasteiger partial charge in [0, 0.05) is 6.42 Å². The summed E-state index contributed by atoms with van der Waals surface area (Å²) in [5, 5.41) is 13.0. The zero-order valence-electron chi connectivity index (χ0n) is 12.0. The van der Waals surface area contributed by atoms with Gasteiger partial charge in [-0.25, -0.2) is 4.98 Å². The Labute approximate surface area is 126 Å². The van der Waals surface area contributed by atoms with Gasteiger partial charge in [0.2, 0.25) is 0 Å². The van der Waals surface area contributed by atoms with Crippen LogP contribution in [0.3, 0.4) is 0 Å². The van der Waals surface area contributed by atoms with Crippen LogP contribution >= 0.6 is 0 Å². The zero-order valence-corrected chi connectivity index (χ0v) is 12.0. The first-order valence-electron chi connectivity index (χ1n) is 6.89. The summed E-state index contributed by atoms with van der Waals surface area (Å²) in [5.74, 6) is 0.0921. The van der Waals surface area contributed by atoms with Gasteiger partial charge in [-0.3, -0.25) is 0 Å². The van der Waals surface area contributed by atoms with E-state index in [9.17, 15) is 18.3 Å². The molecule has 0 amide bonds. The lowest BCUT2D eigenvalue weighted by atomic mass is 10.0. The van der Waals surface area contributed by atoms with Gasteiger partial charge >= 0.3 is 6.18 Å². The summed E-state index contributed by atoms with van der Waals surface area (Å²) in [5.41, 5.74) is 0.00269. The molecule has 0 aliphatic carbocycles. The Morgan fingerprint density at radius 3 is 2.41 bits per heavy atom. The van der Waals surface area contributed by atoms with Crippen LogP contribution in [0.5, 0.6) is 0 Å². The van der Waals surface area contributed by atoms with Gasteiger partial charge in [-0.2, -0.15) is 13.2 Å². The Hall–Kier alpha value is -2.08. The summed E-state index contributed by atoms with van der Waals surface area (Å²) in [6.45, 7) is 1.70. The van der Waals surface area contributed by atoms with Gasteiger partial charge in [0.25, 0.3) is 0 Å². The second kappa shape index (κ2) is 6.79. The average molecular weight is 310 g/mol. The van der Waals surface area contributed by atoms with E-state index >= 15 is 0 Å². The Morgan fingerprint density at radius 1 is 1.09 bits per heavy atom. The number of aliphatic hydroxyl groups excluding tert-OH is 1. The molecule has 2 rings (SSSR count). The van der Waals surface area contributed by atoms with Crippen LogP contribution in [-0.4, -0.2) is 22.2 Å². The summed E-state index contributed by atoms with van der Waals surface area (Å²) in [6.07, 6.45) is -4.81. The van der Waals surface area contributed by atoms with Crippen LogP contribution in [0.15, 0.2) is 48.5 Å². The molecular formula is C16H17F3N2O. The minimum Gasteiger partial charge on any atom is -0.391 e. The highest BCUT2D eigenvalue weighted by atomic mass is 19.4. The van der Waals surface area contributed by atoms with Crippen molar-refractivity contribution < 1.29 is 18.3 Å². The maximum absolute atomic E-state index is 12.6. The van der Waals surface area contributed by atoms with Crippen molar-refractivity contribution in [1.82, 2.24) is 4.98 Å². The fourth-order valence-corrected chi connectivity index (χ4v) is 2.03. The van der Waals surface area contributed by atoms with E-state index in [1.165, 1.54) is 12.1 Å². The standard InChI is InChI=1S/C16H17F3N2O/c1-11(13(22)10-12-6-3-2-4-7-12)20-15-9-5-8-14(21-15)16(17,18)19/h2-9,11,13,22H,10H2,1H3,(H,20,21). The van der Waals surface area contributed by atoms with Gasteiger partial charge in [0.15, 0.2) is 0 Å². The van der Waals surface area contributed by atoms with Crippen LogP contribution in [0.25, 0.3) is 0 Å². The predicted molar refractivity (Wildman–Crippen MR) is 78.5 cm³/mol. The molecule has 2 atom stereocenters. The molecule has 118 valence electrons. The molecule has 0 fully saturated rings. The second-order valence-corrected chi connectivity index (χ2v) is 5.10. The first-order valence-corrected chi connectivity index (χ1v) is 6.89. The number of nitrogens with one attached hydrogen (secondary N) is 1. The van der Waals surface area contributed by atoms with Crippen molar-refractivity contribution in [2.45, 2.75) is 31.7 Å². The van der Waals surface area contributed by atoms with E-state index in [1.54, 1.807) is 6.92 Å². The van der Waals surface area contributed by atoms with Crippen molar-refractivity contribution >= 4 is 5.82 Å². The topological polar surface area (TPSA) is 45.2 Å². The number of alkyl halides is 3. The minimum absolute atomic E-state index is 0.0921. The fraction of sp³-hybridized carbons (Fsp3) is 0.312. The number of nitrogens with zero attached hydrogens (tertiary/aromatic N) is 1. The molecule has 1 aromatic heterocycles. The van der Waals surface area contributed by atoms with Crippen molar-refractivity contribution in [3.05, 3.63) is 59.8 Å². The van der Waals surface area contributed by atoms with Crippen LogP contribution in [0.1, 0.15) is 18.2 Å². The first kappa shape index (κ1) is 16.3. The molecule has 2 aromatic rings. The van der Waals surface area contributed by atoms with Crippen molar-refractivity contribution in [3.8, 4) is 0 Å². The number of halogens is 3. The van der Waals surface area contributed by atoms with Gasteiger partial charge in [-0.1, -0.05) is 36.4 Å². The number of rotatable bonds is 5. The largest absolute Gasteiger partial charge is 0.433 e. The molecule has 0 aliphatic heterocycles. The Morgan fingerprint density at radius 2 is 1.77 bits per heavy atom. The fourth-order valence-electron chi connectivity index (χ4n) is 2.03.